The Hall–Kier alpha value is -2.74. The van der Waals surface area contributed by atoms with Gasteiger partial charge in [0.2, 0.25) is 0 Å². The molecule has 0 aliphatic rings. The van der Waals surface area contributed by atoms with Crippen molar-refractivity contribution in [1.82, 2.24) is 0 Å². The van der Waals surface area contributed by atoms with Crippen LogP contribution in [0.5, 0.6) is 0 Å². The third-order valence-electron chi connectivity index (χ3n) is 2.52. The summed E-state index contributed by atoms with van der Waals surface area (Å²) in [6.07, 6.45) is 2.55. The molecule has 0 saturated heterocycles. The van der Waals surface area contributed by atoms with E-state index in [0.29, 0.717) is 11.1 Å². The Labute approximate surface area is 114 Å². The molecule has 0 saturated carbocycles. The summed E-state index contributed by atoms with van der Waals surface area (Å²) in [5, 5.41) is 12.1. The van der Waals surface area contributed by atoms with Crippen molar-refractivity contribution in [2.45, 2.75) is 6.61 Å². The molecule has 2 aromatic carbocycles. The van der Waals surface area contributed by atoms with Gasteiger partial charge in [-0.15, -0.1) is 0 Å². The summed E-state index contributed by atoms with van der Waals surface area (Å²) in [7, 11) is 0. The predicted molar refractivity (Wildman–Crippen MR) is 68.8 cm³/mol. The van der Waals surface area contributed by atoms with Crippen molar-refractivity contribution >= 4 is 6.21 Å². The summed E-state index contributed by atoms with van der Waals surface area (Å²) < 4.78 is 26.5. The summed E-state index contributed by atoms with van der Waals surface area (Å²) in [4.78, 5) is 4.81. The molecule has 20 heavy (non-hydrogen) atoms. The molecular weight excluding hydrogens is 262 g/mol. The van der Waals surface area contributed by atoms with E-state index < -0.39 is 11.6 Å². The second-order valence-electron chi connectivity index (χ2n) is 3.87. The Morgan fingerprint density at radius 1 is 1.00 bits per heavy atom. The van der Waals surface area contributed by atoms with Crippen LogP contribution in [0, 0.1) is 23.0 Å². The van der Waals surface area contributed by atoms with E-state index in [1.807, 2.05) is 6.07 Å². The predicted octanol–water partition coefficient (Wildman–Crippen LogP) is 3.26. The zero-order chi connectivity index (χ0) is 14.4. The Bertz CT molecular complexity index is 640. The van der Waals surface area contributed by atoms with Crippen LogP contribution in [0.1, 0.15) is 16.7 Å². The summed E-state index contributed by atoms with van der Waals surface area (Å²) in [5.41, 5.74) is 0.931. The van der Waals surface area contributed by atoms with E-state index in [9.17, 15) is 8.78 Å². The van der Waals surface area contributed by atoms with Gasteiger partial charge in [0.05, 0.1) is 17.2 Å². The Balaban J connectivity index is 1.95. The minimum Gasteiger partial charge on any atom is -0.390 e. The van der Waals surface area contributed by atoms with E-state index in [4.69, 9.17) is 10.1 Å². The minimum absolute atomic E-state index is 0.183. The first kappa shape index (κ1) is 13.7. The highest BCUT2D eigenvalue weighted by molar-refractivity contribution is 5.79. The molecule has 1 radical (unpaired) electrons. The molecule has 0 aromatic heterocycles. The van der Waals surface area contributed by atoms with E-state index in [0.717, 1.165) is 12.1 Å². The highest BCUT2D eigenvalue weighted by Crippen LogP contribution is 2.13. The van der Waals surface area contributed by atoms with Gasteiger partial charge in [0.25, 0.3) is 0 Å². The molecule has 5 heteroatoms. The van der Waals surface area contributed by atoms with Crippen LogP contribution in [0.25, 0.3) is 0 Å². The Morgan fingerprint density at radius 2 is 1.60 bits per heavy atom. The molecule has 0 unspecified atom stereocenters. The molecule has 0 spiro atoms. The molecule has 0 fully saturated rings. The number of rotatable bonds is 4. The fourth-order valence-electron chi connectivity index (χ4n) is 1.47. The number of halogens is 2. The first-order valence-corrected chi connectivity index (χ1v) is 5.72. The van der Waals surface area contributed by atoms with Crippen LogP contribution in [0.3, 0.4) is 0 Å². The lowest BCUT2D eigenvalue weighted by atomic mass is 10.2. The average Bonchev–Trinajstić information content (AvgIpc) is 2.46. The van der Waals surface area contributed by atoms with Crippen molar-refractivity contribution in [3.05, 3.63) is 70.8 Å². The molecule has 3 nitrogen and oxygen atoms in total. The van der Waals surface area contributed by atoms with Gasteiger partial charge in [0.15, 0.2) is 0 Å². The highest BCUT2D eigenvalue weighted by atomic mass is 19.1. The van der Waals surface area contributed by atoms with Crippen molar-refractivity contribution in [2.75, 3.05) is 0 Å². The lowest BCUT2D eigenvalue weighted by molar-refractivity contribution is 0.126. The largest absolute Gasteiger partial charge is 0.390 e. The summed E-state index contributed by atoms with van der Waals surface area (Å²) in [6.45, 7) is -0.318. The van der Waals surface area contributed by atoms with Crippen molar-refractivity contribution in [2.24, 2.45) is 5.16 Å². The lowest BCUT2D eigenvalue weighted by Crippen LogP contribution is -1.96. The van der Waals surface area contributed by atoms with Gasteiger partial charge in [0, 0.05) is 5.56 Å². The van der Waals surface area contributed by atoms with Gasteiger partial charge in [-0.3, -0.25) is 0 Å². The number of benzene rings is 2. The van der Waals surface area contributed by atoms with Crippen LogP contribution in [-0.2, 0) is 11.4 Å². The van der Waals surface area contributed by atoms with Crippen LogP contribution < -0.4 is 0 Å². The average molecular weight is 271 g/mol. The van der Waals surface area contributed by atoms with Gasteiger partial charge in [0.1, 0.15) is 24.5 Å². The van der Waals surface area contributed by atoms with E-state index in [1.165, 1.54) is 6.07 Å². The maximum atomic E-state index is 13.3. The highest BCUT2D eigenvalue weighted by Gasteiger charge is 2.08. The molecule has 0 heterocycles. The van der Waals surface area contributed by atoms with Crippen LogP contribution in [0.4, 0.5) is 8.78 Å². The molecule has 2 aromatic rings. The van der Waals surface area contributed by atoms with Crippen molar-refractivity contribution in [3.8, 4) is 6.07 Å². The van der Waals surface area contributed by atoms with Crippen LogP contribution in [0.2, 0.25) is 0 Å². The second-order valence-corrected chi connectivity index (χ2v) is 3.87. The molecule has 0 N–H and O–H groups in total. The maximum absolute atomic E-state index is 13.3. The summed E-state index contributed by atoms with van der Waals surface area (Å²) in [6, 6.07) is 12.0. The SMILES string of the molecule is N#Cc1ccc(/[C]=N\OCc2c(F)cccc2F)cc1. The zero-order valence-electron chi connectivity index (χ0n) is 10.3. The third-order valence-corrected chi connectivity index (χ3v) is 2.52. The fraction of sp³-hybridized carbons (Fsp3) is 0.0667. The Kier molecular flexibility index (Phi) is 4.40. The number of nitriles is 1. The van der Waals surface area contributed by atoms with Gasteiger partial charge in [-0.05, 0) is 24.3 Å². The minimum atomic E-state index is -0.682. The molecule has 0 aliphatic heterocycles. The topological polar surface area (TPSA) is 45.4 Å². The monoisotopic (exact) mass is 271 g/mol. The van der Waals surface area contributed by atoms with Gasteiger partial charge < -0.3 is 4.84 Å². The first-order chi connectivity index (χ1) is 9.70. The smallest absolute Gasteiger partial charge is 0.148 e. The molecule has 0 atom stereocenters. The van der Waals surface area contributed by atoms with Gasteiger partial charge in [-0.25, -0.2) is 8.78 Å². The Morgan fingerprint density at radius 3 is 2.20 bits per heavy atom. The number of hydrogen-bond acceptors (Lipinski definition) is 3. The normalized spacial score (nSPS) is 10.4. The van der Waals surface area contributed by atoms with Crippen LogP contribution in [-0.4, -0.2) is 6.21 Å². The molecule has 2 rings (SSSR count). The summed E-state index contributed by atoms with van der Waals surface area (Å²) in [5.74, 6) is -1.36. The van der Waals surface area contributed by atoms with Crippen LogP contribution in [0.15, 0.2) is 47.6 Å². The zero-order valence-corrected chi connectivity index (χ0v) is 10.3. The molecule has 0 bridgehead atoms. The quantitative estimate of drug-likeness (QED) is 0.633. The second kappa shape index (κ2) is 6.43. The van der Waals surface area contributed by atoms with E-state index >= 15 is 0 Å². The van der Waals surface area contributed by atoms with E-state index in [-0.39, 0.29) is 12.2 Å². The molecular formula is C15H9F2N2O. The molecule has 0 aliphatic carbocycles. The van der Waals surface area contributed by atoms with Crippen molar-refractivity contribution in [1.29, 1.82) is 5.26 Å². The maximum Gasteiger partial charge on any atom is 0.148 e. The van der Waals surface area contributed by atoms with E-state index in [1.54, 1.807) is 24.3 Å². The number of nitrogens with zero attached hydrogens (tertiary/aromatic N) is 2. The first-order valence-electron chi connectivity index (χ1n) is 5.72. The van der Waals surface area contributed by atoms with Gasteiger partial charge in [-0.1, -0.05) is 23.4 Å². The standard InChI is InChI=1S/C15H9F2N2O/c16-14-2-1-3-15(17)13(14)10-20-19-9-12-6-4-11(8-18)5-7-12/h1-7H,10H2. The molecule has 99 valence electrons. The van der Waals surface area contributed by atoms with Crippen molar-refractivity contribution in [3.63, 3.8) is 0 Å². The lowest BCUT2D eigenvalue weighted by Gasteiger charge is -2.02. The third kappa shape index (κ3) is 3.39. The van der Waals surface area contributed by atoms with Crippen molar-refractivity contribution < 1.29 is 13.6 Å². The van der Waals surface area contributed by atoms with E-state index in [2.05, 4.69) is 11.4 Å². The fourth-order valence-corrected chi connectivity index (χ4v) is 1.47. The molecule has 0 amide bonds. The van der Waals surface area contributed by atoms with Gasteiger partial charge in [-0.2, -0.15) is 5.26 Å². The number of hydrogen-bond donors (Lipinski definition) is 0. The summed E-state index contributed by atoms with van der Waals surface area (Å²) >= 11 is 0. The van der Waals surface area contributed by atoms with Crippen LogP contribution >= 0.6 is 0 Å². The van der Waals surface area contributed by atoms with Gasteiger partial charge >= 0.3 is 0 Å².